The van der Waals surface area contributed by atoms with E-state index < -0.39 is 59.8 Å². The molecule has 0 aromatic heterocycles. The number of ether oxygens (including phenoxy) is 4. The van der Waals surface area contributed by atoms with Gasteiger partial charge >= 0.3 is 16.4 Å². The van der Waals surface area contributed by atoms with Crippen molar-refractivity contribution in [2.24, 2.45) is 0 Å². The van der Waals surface area contributed by atoms with Gasteiger partial charge in [0.2, 0.25) is 0 Å². The number of hydrogen-bond acceptors (Lipinski definition) is 11. The molecule has 0 amide bonds. The lowest BCUT2D eigenvalue weighted by molar-refractivity contribution is -0.301. The highest BCUT2D eigenvalue weighted by Gasteiger charge is 2.48. The molecule has 1 fully saturated rings. The van der Waals surface area contributed by atoms with Gasteiger partial charge in [-0.25, -0.2) is 4.18 Å². The van der Waals surface area contributed by atoms with E-state index in [1.807, 2.05) is 0 Å². The van der Waals surface area contributed by atoms with E-state index in [1.54, 1.807) is 0 Å². The van der Waals surface area contributed by atoms with Crippen molar-refractivity contribution in [3.63, 3.8) is 0 Å². The highest BCUT2D eigenvalue weighted by atomic mass is 32.3. The molecule has 6 unspecified atom stereocenters. The van der Waals surface area contributed by atoms with Gasteiger partial charge in [0, 0.05) is 13.0 Å². The Hall–Kier alpha value is -2.20. The minimum Gasteiger partial charge on any atom is -0.457 e. The number of hydrogen-bond donors (Lipinski definition) is 4. The average Bonchev–Trinajstić information content (AvgIpc) is 3.26. The molecule has 6 atom stereocenters. The summed E-state index contributed by atoms with van der Waals surface area (Å²) in [5, 5.41) is 30.7. The number of carbonyl (C=O) groups is 1. The molecule has 1 aliphatic rings. The lowest BCUT2D eigenvalue weighted by Gasteiger charge is -2.41. The second-order valence-electron chi connectivity index (χ2n) is 16.7. The smallest absolute Gasteiger partial charge is 0.397 e. The highest BCUT2D eigenvalue weighted by molar-refractivity contribution is 7.80. The third-order valence-corrected chi connectivity index (χ3v) is 11.3. The molecular formula is C50H88O12S. The van der Waals surface area contributed by atoms with Crippen LogP contribution in [0.2, 0.25) is 0 Å². The van der Waals surface area contributed by atoms with Gasteiger partial charge in [0.1, 0.15) is 30.5 Å². The Morgan fingerprint density at radius 1 is 0.619 bits per heavy atom. The fraction of sp³-hybridized carbons (Fsp3) is 0.780. The molecule has 0 radical (unpaired) electrons. The van der Waals surface area contributed by atoms with Gasteiger partial charge in [-0.3, -0.25) is 9.35 Å². The van der Waals surface area contributed by atoms with Crippen molar-refractivity contribution in [3.8, 4) is 0 Å². The van der Waals surface area contributed by atoms with Crippen molar-refractivity contribution >= 4 is 16.4 Å². The van der Waals surface area contributed by atoms with Gasteiger partial charge in [-0.15, -0.1) is 0 Å². The standard InChI is InChI=1S/C50H88O12S/c1-3-5-7-9-11-13-15-17-19-21-23-25-27-29-31-33-35-37-39-46(52)60-44(43-59-50-48(54)49(62-63(55,56)57)47(53)45(41-51)61-50)42-58-40-38-36-34-32-30-28-26-24-22-20-18-16-14-12-10-8-6-4-2/h6,8,12,14,18-21,24,26,44-45,47-51,53-54H,3-5,7,9-11,13,15-17,22-23,25,27-43H2,1-2H3,(H,55,56,57)/b8-6-,14-12-,20-18-,21-19-,26-24-. The summed E-state index contributed by atoms with van der Waals surface area (Å²) in [6.07, 6.45) is 42.5. The maximum Gasteiger partial charge on any atom is 0.397 e. The van der Waals surface area contributed by atoms with E-state index >= 15 is 0 Å². The first-order valence-corrected chi connectivity index (χ1v) is 25.9. The van der Waals surface area contributed by atoms with Gasteiger partial charge < -0.3 is 34.3 Å². The molecular weight excluding hydrogens is 825 g/mol. The van der Waals surface area contributed by atoms with Crippen LogP contribution in [0.1, 0.15) is 187 Å². The summed E-state index contributed by atoms with van der Waals surface area (Å²) < 4.78 is 59.2. The fourth-order valence-corrected chi connectivity index (χ4v) is 7.70. The first-order valence-electron chi connectivity index (χ1n) is 24.5. The maximum absolute atomic E-state index is 12.9. The molecule has 1 heterocycles. The van der Waals surface area contributed by atoms with Crippen LogP contribution in [0, 0.1) is 0 Å². The lowest BCUT2D eigenvalue weighted by atomic mass is 9.99. The van der Waals surface area contributed by atoms with Gasteiger partial charge in [-0.1, -0.05) is 164 Å². The Kier molecular flexibility index (Phi) is 38.5. The number of unbranched alkanes of at least 4 members (excludes halogenated alkanes) is 19. The van der Waals surface area contributed by atoms with E-state index in [4.69, 9.17) is 18.9 Å². The molecule has 0 aromatic carbocycles. The average molecular weight is 913 g/mol. The molecule has 0 aromatic rings. The Morgan fingerprint density at radius 2 is 1.10 bits per heavy atom. The molecule has 13 heteroatoms. The van der Waals surface area contributed by atoms with Crippen molar-refractivity contribution in [1.82, 2.24) is 0 Å². The number of aliphatic hydroxyl groups excluding tert-OH is 3. The fourth-order valence-electron chi connectivity index (χ4n) is 7.19. The molecule has 366 valence electrons. The molecule has 0 aliphatic carbocycles. The van der Waals surface area contributed by atoms with Crippen LogP contribution >= 0.6 is 0 Å². The molecule has 1 saturated heterocycles. The van der Waals surface area contributed by atoms with Gasteiger partial charge in [0.05, 0.1) is 19.8 Å². The zero-order chi connectivity index (χ0) is 46.1. The normalized spacial score (nSPS) is 20.4. The summed E-state index contributed by atoms with van der Waals surface area (Å²) in [6.45, 7) is 3.83. The second kappa shape index (κ2) is 41.2. The van der Waals surface area contributed by atoms with Crippen molar-refractivity contribution < 1.29 is 56.2 Å². The summed E-state index contributed by atoms with van der Waals surface area (Å²) in [4.78, 5) is 12.9. The lowest BCUT2D eigenvalue weighted by Crippen LogP contribution is -2.60. The Balaban J connectivity index is 2.41. The molecule has 0 saturated carbocycles. The van der Waals surface area contributed by atoms with Crippen LogP contribution in [-0.2, 0) is 38.3 Å². The highest BCUT2D eigenvalue weighted by Crippen LogP contribution is 2.26. The molecule has 0 spiro atoms. The van der Waals surface area contributed by atoms with E-state index in [-0.39, 0.29) is 19.6 Å². The number of carbonyl (C=O) groups excluding carboxylic acids is 1. The van der Waals surface area contributed by atoms with E-state index in [0.717, 1.165) is 89.9 Å². The van der Waals surface area contributed by atoms with E-state index in [1.165, 1.54) is 70.6 Å². The molecule has 1 aliphatic heterocycles. The van der Waals surface area contributed by atoms with E-state index in [2.05, 4.69) is 78.8 Å². The summed E-state index contributed by atoms with van der Waals surface area (Å²) in [7, 11) is -5.07. The van der Waals surface area contributed by atoms with Gasteiger partial charge in [0.15, 0.2) is 6.29 Å². The van der Waals surface area contributed by atoms with Crippen LogP contribution in [-0.4, -0.2) is 97.5 Å². The molecule has 0 bridgehead atoms. The predicted octanol–water partition coefficient (Wildman–Crippen LogP) is 10.9. The van der Waals surface area contributed by atoms with Crippen LogP contribution in [0.4, 0.5) is 0 Å². The Bertz CT molecular complexity index is 1330. The Morgan fingerprint density at radius 3 is 1.62 bits per heavy atom. The second-order valence-corrected chi connectivity index (χ2v) is 17.7. The predicted molar refractivity (Wildman–Crippen MR) is 253 cm³/mol. The summed E-state index contributed by atoms with van der Waals surface area (Å²) >= 11 is 0. The van der Waals surface area contributed by atoms with Crippen LogP contribution in [0.5, 0.6) is 0 Å². The third-order valence-electron chi connectivity index (χ3n) is 10.9. The SMILES string of the molecule is CC/C=C\C/C=C\C/C=C\C/C=C\CCCCCCCOCC(COC1OC(CO)C(O)C(OS(=O)(=O)O)C1O)OC(=O)CCCCCCCCC/C=C\CCCCCCCCC. The first kappa shape index (κ1) is 58.8. The van der Waals surface area contributed by atoms with Crippen molar-refractivity contribution in [3.05, 3.63) is 60.8 Å². The van der Waals surface area contributed by atoms with Crippen LogP contribution in [0.3, 0.4) is 0 Å². The zero-order valence-corrected chi connectivity index (χ0v) is 39.9. The monoisotopic (exact) mass is 913 g/mol. The summed E-state index contributed by atoms with van der Waals surface area (Å²) in [6, 6.07) is 0. The number of rotatable bonds is 42. The Labute approximate surface area is 382 Å². The van der Waals surface area contributed by atoms with Gasteiger partial charge in [-0.2, -0.15) is 8.42 Å². The minimum atomic E-state index is -5.07. The third kappa shape index (κ3) is 34.8. The zero-order valence-electron chi connectivity index (χ0n) is 39.1. The minimum absolute atomic E-state index is 0.0195. The van der Waals surface area contributed by atoms with E-state index in [0.29, 0.717) is 13.0 Å². The van der Waals surface area contributed by atoms with Gasteiger partial charge in [0.25, 0.3) is 0 Å². The quantitative estimate of drug-likeness (QED) is 0.0197. The van der Waals surface area contributed by atoms with Gasteiger partial charge in [-0.05, 0) is 77.0 Å². The van der Waals surface area contributed by atoms with Crippen molar-refractivity contribution in [2.45, 2.75) is 224 Å². The topological polar surface area (TPSA) is 178 Å². The largest absolute Gasteiger partial charge is 0.457 e. The van der Waals surface area contributed by atoms with Crippen molar-refractivity contribution in [1.29, 1.82) is 0 Å². The van der Waals surface area contributed by atoms with Crippen LogP contribution in [0.25, 0.3) is 0 Å². The molecule has 12 nitrogen and oxygen atoms in total. The summed E-state index contributed by atoms with van der Waals surface area (Å²) in [5.74, 6) is -0.412. The van der Waals surface area contributed by atoms with Crippen molar-refractivity contribution in [2.75, 3.05) is 26.4 Å². The molecule has 63 heavy (non-hydrogen) atoms. The summed E-state index contributed by atoms with van der Waals surface area (Å²) in [5.41, 5.74) is 0. The molecule has 1 rings (SSSR count). The number of allylic oxidation sites excluding steroid dienone is 10. The number of aliphatic hydroxyl groups is 3. The first-order chi connectivity index (χ1) is 30.6. The van der Waals surface area contributed by atoms with E-state index in [9.17, 15) is 33.1 Å². The molecule has 4 N–H and O–H groups in total. The van der Waals surface area contributed by atoms with Crippen LogP contribution in [0.15, 0.2) is 60.8 Å². The number of esters is 1. The maximum atomic E-state index is 12.9. The van der Waals surface area contributed by atoms with Crippen LogP contribution < -0.4 is 0 Å².